The number of aromatic nitrogens is 4. The molecule has 0 saturated carbocycles. The predicted molar refractivity (Wildman–Crippen MR) is 106 cm³/mol. The van der Waals surface area contributed by atoms with Crippen molar-refractivity contribution in [3.63, 3.8) is 0 Å². The van der Waals surface area contributed by atoms with Crippen LogP contribution in [-0.4, -0.2) is 43.6 Å². The molecule has 0 bridgehead atoms. The Morgan fingerprint density at radius 2 is 2.03 bits per heavy atom. The molecule has 1 amide bonds. The van der Waals surface area contributed by atoms with Gasteiger partial charge in [0, 0.05) is 48.9 Å². The summed E-state index contributed by atoms with van der Waals surface area (Å²) in [7, 11) is 0. The van der Waals surface area contributed by atoms with E-state index in [1.165, 1.54) is 6.39 Å². The van der Waals surface area contributed by atoms with Gasteiger partial charge in [-0.3, -0.25) is 9.48 Å². The maximum absolute atomic E-state index is 11.5. The van der Waals surface area contributed by atoms with Crippen molar-refractivity contribution in [1.29, 1.82) is 0 Å². The largest absolute Gasteiger partial charge is 0.449 e. The van der Waals surface area contributed by atoms with Crippen molar-refractivity contribution in [2.75, 3.05) is 18.8 Å². The second kappa shape index (κ2) is 6.77. The third-order valence-corrected chi connectivity index (χ3v) is 5.46. The Labute approximate surface area is 166 Å². The minimum Gasteiger partial charge on any atom is -0.449 e. The molecule has 2 N–H and O–H groups in total. The molecule has 1 aliphatic rings. The number of likely N-dealkylation sites (tertiary alicyclic amines) is 1. The summed E-state index contributed by atoms with van der Waals surface area (Å²) in [6, 6.07) is 2.15. The number of piperidine rings is 1. The molecule has 9 heteroatoms. The van der Waals surface area contributed by atoms with Crippen LogP contribution in [0.1, 0.15) is 25.8 Å². The summed E-state index contributed by atoms with van der Waals surface area (Å²) in [4.78, 5) is 21.6. The van der Waals surface area contributed by atoms with E-state index in [9.17, 15) is 4.79 Å². The van der Waals surface area contributed by atoms with Gasteiger partial charge in [-0.2, -0.15) is 5.10 Å². The standard InChI is InChI=1S/C20H20N6O3/c1-12(27)25-4-2-14(3-5-25)26-10-13(7-24-26)16-8-23-20(21)19-15(16)6-17(29-19)18-9-22-11-28-18/h6-11,14H,2-5H2,1H3,(H2,21,23). The normalized spacial score (nSPS) is 15.3. The minimum atomic E-state index is 0.127. The maximum atomic E-state index is 11.5. The summed E-state index contributed by atoms with van der Waals surface area (Å²) in [6.07, 6.45) is 10.3. The highest BCUT2D eigenvalue weighted by Gasteiger charge is 2.23. The zero-order valence-corrected chi connectivity index (χ0v) is 15.9. The van der Waals surface area contributed by atoms with Crippen molar-refractivity contribution in [3.05, 3.63) is 37.2 Å². The van der Waals surface area contributed by atoms with E-state index in [0.717, 1.165) is 42.4 Å². The molecule has 0 radical (unpaired) electrons. The Kier molecular flexibility index (Phi) is 4.08. The third kappa shape index (κ3) is 3.04. The van der Waals surface area contributed by atoms with E-state index >= 15 is 0 Å². The second-order valence-electron chi connectivity index (χ2n) is 7.22. The average Bonchev–Trinajstić information content (AvgIpc) is 3.48. The molecule has 9 nitrogen and oxygen atoms in total. The van der Waals surface area contributed by atoms with Crippen LogP contribution in [0.5, 0.6) is 0 Å². The highest BCUT2D eigenvalue weighted by Crippen LogP contribution is 2.36. The molecule has 4 aromatic rings. The molecular weight excluding hydrogens is 372 g/mol. The van der Waals surface area contributed by atoms with Crippen LogP contribution >= 0.6 is 0 Å². The fourth-order valence-electron chi connectivity index (χ4n) is 3.85. The number of carbonyl (C=O) groups is 1. The topological polar surface area (TPSA) is 116 Å². The number of rotatable bonds is 3. The zero-order valence-electron chi connectivity index (χ0n) is 15.9. The number of carbonyl (C=O) groups excluding carboxylic acids is 1. The van der Waals surface area contributed by atoms with Gasteiger partial charge in [-0.1, -0.05) is 0 Å². The predicted octanol–water partition coefficient (Wildman–Crippen LogP) is 3.11. The number of anilines is 1. The molecular formula is C20H20N6O3. The molecule has 29 heavy (non-hydrogen) atoms. The summed E-state index contributed by atoms with van der Waals surface area (Å²) in [6.45, 7) is 3.12. The van der Waals surface area contributed by atoms with Gasteiger partial charge in [0.05, 0.1) is 18.4 Å². The van der Waals surface area contributed by atoms with Crippen LogP contribution in [0, 0.1) is 0 Å². The highest BCUT2D eigenvalue weighted by atomic mass is 16.4. The summed E-state index contributed by atoms with van der Waals surface area (Å²) in [5.74, 6) is 1.52. The molecule has 4 aromatic heterocycles. The van der Waals surface area contributed by atoms with Crippen LogP contribution in [0.25, 0.3) is 33.6 Å². The van der Waals surface area contributed by atoms with Crippen LogP contribution in [0.2, 0.25) is 0 Å². The number of nitrogen functional groups attached to an aromatic ring is 1. The maximum Gasteiger partial charge on any atom is 0.219 e. The van der Waals surface area contributed by atoms with Gasteiger partial charge in [-0.15, -0.1) is 0 Å². The molecule has 1 aliphatic heterocycles. The number of pyridine rings is 1. The van der Waals surface area contributed by atoms with E-state index in [1.807, 2.05) is 28.0 Å². The van der Waals surface area contributed by atoms with E-state index in [4.69, 9.17) is 14.6 Å². The van der Waals surface area contributed by atoms with Gasteiger partial charge in [-0.05, 0) is 18.9 Å². The molecule has 1 fully saturated rings. The number of hydrogen-bond donors (Lipinski definition) is 1. The van der Waals surface area contributed by atoms with Crippen LogP contribution in [0.15, 0.2) is 46.1 Å². The number of furan rings is 1. The summed E-state index contributed by atoms with van der Waals surface area (Å²) < 4.78 is 13.2. The number of fused-ring (bicyclic) bond motifs is 1. The lowest BCUT2D eigenvalue weighted by atomic mass is 10.0. The average molecular weight is 392 g/mol. The van der Waals surface area contributed by atoms with Crippen LogP contribution < -0.4 is 5.73 Å². The van der Waals surface area contributed by atoms with Gasteiger partial charge >= 0.3 is 0 Å². The van der Waals surface area contributed by atoms with Gasteiger partial charge in [-0.25, -0.2) is 9.97 Å². The van der Waals surface area contributed by atoms with E-state index < -0.39 is 0 Å². The molecule has 1 saturated heterocycles. The number of nitrogens with two attached hydrogens (primary N) is 1. The molecule has 0 atom stereocenters. The van der Waals surface area contributed by atoms with Crippen molar-refractivity contribution in [2.24, 2.45) is 0 Å². The summed E-state index contributed by atoms with van der Waals surface area (Å²) in [5.41, 5.74) is 8.35. The Balaban J connectivity index is 1.47. The van der Waals surface area contributed by atoms with Gasteiger partial charge < -0.3 is 19.5 Å². The monoisotopic (exact) mass is 392 g/mol. The second-order valence-corrected chi connectivity index (χ2v) is 7.22. The SMILES string of the molecule is CC(=O)N1CCC(n2cc(-c3cnc(N)c4oc(-c5cnco5)cc34)cn2)CC1. The smallest absolute Gasteiger partial charge is 0.219 e. The van der Waals surface area contributed by atoms with Gasteiger partial charge in [0.1, 0.15) is 0 Å². The van der Waals surface area contributed by atoms with Gasteiger partial charge in [0.15, 0.2) is 29.3 Å². The van der Waals surface area contributed by atoms with Crippen LogP contribution in [0.3, 0.4) is 0 Å². The summed E-state index contributed by atoms with van der Waals surface area (Å²) >= 11 is 0. The molecule has 5 heterocycles. The quantitative estimate of drug-likeness (QED) is 0.569. The van der Waals surface area contributed by atoms with E-state index in [0.29, 0.717) is 22.9 Å². The third-order valence-electron chi connectivity index (χ3n) is 5.46. The van der Waals surface area contributed by atoms with Crippen molar-refractivity contribution in [2.45, 2.75) is 25.8 Å². The van der Waals surface area contributed by atoms with E-state index in [2.05, 4.69) is 15.1 Å². The highest BCUT2D eigenvalue weighted by molar-refractivity contribution is 5.99. The number of oxazole rings is 1. The molecule has 0 unspecified atom stereocenters. The number of amides is 1. The van der Waals surface area contributed by atoms with E-state index in [-0.39, 0.29) is 11.9 Å². The van der Waals surface area contributed by atoms with Crippen molar-refractivity contribution in [1.82, 2.24) is 24.6 Å². The van der Waals surface area contributed by atoms with Crippen molar-refractivity contribution in [3.8, 4) is 22.6 Å². The lowest BCUT2D eigenvalue weighted by Crippen LogP contribution is -2.37. The molecule has 148 valence electrons. The molecule has 0 aromatic carbocycles. The first-order chi connectivity index (χ1) is 14.1. The number of nitrogens with zero attached hydrogens (tertiary/aromatic N) is 5. The fraction of sp³-hybridized carbons (Fsp3) is 0.300. The Morgan fingerprint density at radius 3 is 2.76 bits per heavy atom. The van der Waals surface area contributed by atoms with Gasteiger partial charge in [0.25, 0.3) is 0 Å². The lowest BCUT2D eigenvalue weighted by molar-refractivity contribution is -0.130. The first kappa shape index (κ1) is 17.5. The fourth-order valence-corrected chi connectivity index (χ4v) is 3.85. The Hall–Kier alpha value is -3.62. The number of hydrogen-bond acceptors (Lipinski definition) is 7. The first-order valence-electron chi connectivity index (χ1n) is 9.47. The molecule has 0 spiro atoms. The Morgan fingerprint density at radius 1 is 1.21 bits per heavy atom. The molecule has 5 rings (SSSR count). The first-order valence-corrected chi connectivity index (χ1v) is 9.47. The minimum absolute atomic E-state index is 0.127. The Bertz CT molecular complexity index is 1170. The van der Waals surface area contributed by atoms with Gasteiger partial charge in [0.2, 0.25) is 5.91 Å². The molecule has 0 aliphatic carbocycles. The van der Waals surface area contributed by atoms with Crippen LogP contribution in [0.4, 0.5) is 5.82 Å². The zero-order chi connectivity index (χ0) is 20.0. The van der Waals surface area contributed by atoms with Crippen molar-refractivity contribution < 1.29 is 13.6 Å². The van der Waals surface area contributed by atoms with Crippen LogP contribution in [-0.2, 0) is 4.79 Å². The van der Waals surface area contributed by atoms with E-state index in [1.54, 1.807) is 19.3 Å². The summed E-state index contributed by atoms with van der Waals surface area (Å²) in [5, 5.41) is 5.41. The lowest BCUT2D eigenvalue weighted by Gasteiger charge is -2.31. The van der Waals surface area contributed by atoms with Crippen molar-refractivity contribution >= 4 is 22.7 Å².